The molecule has 18 heavy (non-hydrogen) atoms. The van der Waals surface area contributed by atoms with Gasteiger partial charge in [-0.2, -0.15) is 0 Å². The Morgan fingerprint density at radius 1 is 1.44 bits per heavy atom. The molecule has 0 fully saturated rings. The maximum atomic E-state index is 11.9. The van der Waals surface area contributed by atoms with Crippen molar-refractivity contribution in [1.82, 2.24) is 0 Å². The SMILES string of the molecule is O=C(Nc1cccc(C(=O)Cl)c1)OC(Cl)CCF. The van der Waals surface area contributed by atoms with Crippen LogP contribution in [0.5, 0.6) is 0 Å². The summed E-state index contributed by atoms with van der Waals surface area (Å²) in [7, 11) is 0. The fraction of sp³-hybridized carbons (Fsp3) is 0.273. The number of carbonyl (C=O) groups excluding carboxylic acids is 2. The van der Waals surface area contributed by atoms with Gasteiger partial charge in [0.05, 0.1) is 6.67 Å². The van der Waals surface area contributed by atoms with Crippen molar-refractivity contribution in [2.75, 3.05) is 12.0 Å². The van der Waals surface area contributed by atoms with Crippen molar-refractivity contribution in [3.05, 3.63) is 29.8 Å². The topological polar surface area (TPSA) is 55.4 Å². The minimum Gasteiger partial charge on any atom is -0.429 e. The summed E-state index contributed by atoms with van der Waals surface area (Å²) in [5, 5.41) is 1.71. The van der Waals surface area contributed by atoms with E-state index in [9.17, 15) is 14.0 Å². The molecule has 1 aromatic rings. The molecule has 1 unspecified atom stereocenters. The standard InChI is InChI=1S/C11H10Cl2FNO3/c12-9(4-5-14)18-11(17)15-8-3-1-2-7(6-8)10(13)16/h1-3,6,9H,4-5H2,(H,15,17). The number of halogens is 3. The van der Waals surface area contributed by atoms with Crippen molar-refractivity contribution in [3.8, 4) is 0 Å². The summed E-state index contributed by atoms with van der Waals surface area (Å²) < 4.78 is 16.6. The number of hydrogen-bond donors (Lipinski definition) is 1. The third-order valence-electron chi connectivity index (χ3n) is 1.91. The van der Waals surface area contributed by atoms with Crippen LogP contribution in [0.1, 0.15) is 16.8 Å². The zero-order chi connectivity index (χ0) is 13.5. The van der Waals surface area contributed by atoms with Crippen LogP contribution in [0.15, 0.2) is 24.3 Å². The average molecular weight is 294 g/mol. The minimum absolute atomic E-state index is 0.0881. The van der Waals surface area contributed by atoms with Crippen molar-refractivity contribution >= 4 is 40.2 Å². The van der Waals surface area contributed by atoms with Crippen LogP contribution in [0.4, 0.5) is 14.9 Å². The summed E-state index contributed by atoms with van der Waals surface area (Å²) in [6.45, 7) is -0.683. The summed E-state index contributed by atoms with van der Waals surface area (Å²) >= 11 is 10.8. The second-order valence-electron chi connectivity index (χ2n) is 3.27. The van der Waals surface area contributed by atoms with E-state index in [-0.39, 0.29) is 12.0 Å². The minimum atomic E-state index is -1.03. The van der Waals surface area contributed by atoms with Gasteiger partial charge in [0.25, 0.3) is 5.24 Å². The van der Waals surface area contributed by atoms with Crippen molar-refractivity contribution in [3.63, 3.8) is 0 Å². The first kappa shape index (κ1) is 14.7. The average Bonchev–Trinajstić information content (AvgIpc) is 2.29. The van der Waals surface area contributed by atoms with Crippen LogP contribution in [0.3, 0.4) is 0 Å². The summed E-state index contributed by atoms with van der Waals surface area (Å²) in [5.41, 5.74) is -0.468. The highest BCUT2D eigenvalue weighted by molar-refractivity contribution is 6.67. The van der Waals surface area contributed by atoms with E-state index in [1.807, 2.05) is 0 Å². The van der Waals surface area contributed by atoms with E-state index < -0.39 is 23.6 Å². The van der Waals surface area contributed by atoms with Gasteiger partial charge >= 0.3 is 6.09 Å². The number of nitrogens with one attached hydrogen (secondary N) is 1. The molecule has 0 radical (unpaired) electrons. The molecule has 0 aliphatic rings. The van der Waals surface area contributed by atoms with Crippen LogP contribution in [-0.2, 0) is 4.74 Å². The lowest BCUT2D eigenvalue weighted by Gasteiger charge is -2.10. The van der Waals surface area contributed by atoms with Gasteiger partial charge in [0.2, 0.25) is 0 Å². The van der Waals surface area contributed by atoms with Crippen LogP contribution in [-0.4, -0.2) is 23.6 Å². The van der Waals surface area contributed by atoms with Crippen LogP contribution >= 0.6 is 23.2 Å². The largest absolute Gasteiger partial charge is 0.429 e. The molecule has 1 rings (SSSR count). The Labute approximate surface area is 113 Å². The van der Waals surface area contributed by atoms with E-state index in [2.05, 4.69) is 10.1 Å². The molecule has 4 nitrogen and oxygen atoms in total. The molecule has 7 heteroatoms. The number of alkyl halides is 2. The van der Waals surface area contributed by atoms with E-state index in [0.29, 0.717) is 5.69 Å². The summed E-state index contributed by atoms with van der Waals surface area (Å²) in [4.78, 5) is 22.2. The molecule has 1 aromatic carbocycles. The molecule has 1 atom stereocenters. The van der Waals surface area contributed by atoms with Crippen LogP contribution in [0, 0.1) is 0 Å². The first-order valence-corrected chi connectivity index (χ1v) is 5.82. The fourth-order valence-corrected chi connectivity index (χ4v) is 1.41. The van der Waals surface area contributed by atoms with Gasteiger partial charge in [0, 0.05) is 17.7 Å². The maximum Gasteiger partial charge on any atom is 0.413 e. The molecular formula is C11H10Cl2FNO3. The summed E-state index contributed by atoms with van der Waals surface area (Å²) in [6.07, 6.45) is -0.919. The second-order valence-corrected chi connectivity index (χ2v) is 4.10. The first-order valence-electron chi connectivity index (χ1n) is 5.00. The van der Waals surface area contributed by atoms with Gasteiger partial charge in [0.1, 0.15) is 0 Å². The Bertz CT molecular complexity index is 442. The van der Waals surface area contributed by atoms with Crippen molar-refractivity contribution in [2.24, 2.45) is 0 Å². The van der Waals surface area contributed by atoms with Gasteiger partial charge in [-0.05, 0) is 29.8 Å². The van der Waals surface area contributed by atoms with E-state index in [0.717, 1.165) is 0 Å². The highest BCUT2D eigenvalue weighted by atomic mass is 35.5. The number of rotatable bonds is 5. The molecule has 0 heterocycles. The third kappa shape index (κ3) is 4.89. The highest BCUT2D eigenvalue weighted by Crippen LogP contribution is 2.14. The van der Waals surface area contributed by atoms with Crippen molar-refractivity contribution < 1.29 is 18.7 Å². The lowest BCUT2D eigenvalue weighted by molar-refractivity contribution is 0.108. The lowest BCUT2D eigenvalue weighted by Crippen LogP contribution is -2.19. The number of anilines is 1. The molecule has 0 aliphatic carbocycles. The molecule has 98 valence electrons. The van der Waals surface area contributed by atoms with Crippen LogP contribution in [0.25, 0.3) is 0 Å². The number of carbonyl (C=O) groups is 2. The molecule has 0 aliphatic heterocycles. The molecule has 0 saturated heterocycles. The van der Waals surface area contributed by atoms with Gasteiger partial charge in [-0.25, -0.2) is 4.79 Å². The Morgan fingerprint density at radius 2 is 2.17 bits per heavy atom. The quantitative estimate of drug-likeness (QED) is 0.667. The van der Waals surface area contributed by atoms with Gasteiger partial charge < -0.3 is 4.74 Å². The van der Waals surface area contributed by atoms with Gasteiger partial charge in [0.15, 0.2) is 5.56 Å². The molecular weight excluding hydrogens is 284 g/mol. The monoisotopic (exact) mass is 293 g/mol. The molecule has 0 saturated carbocycles. The van der Waals surface area contributed by atoms with Crippen LogP contribution < -0.4 is 5.32 Å². The molecule has 1 amide bonds. The Morgan fingerprint density at radius 3 is 2.78 bits per heavy atom. The van der Waals surface area contributed by atoms with Gasteiger partial charge in [-0.1, -0.05) is 17.7 Å². The van der Waals surface area contributed by atoms with Gasteiger partial charge in [-0.3, -0.25) is 14.5 Å². The molecule has 1 N–H and O–H groups in total. The number of benzene rings is 1. The van der Waals surface area contributed by atoms with E-state index in [1.165, 1.54) is 12.1 Å². The predicted octanol–water partition coefficient (Wildman–Crippen LogP) is 3.54. The Kier molecular flexibility index (Phi) is 5.88. The van der Waals surface area contributed by atoms with Crippen LogP contribution in [0.2, 0.25) is 0 Å². The molecule has 0 bridgehead atoms. The fourth-order valence-electron chi connectivity index (χ4n) is 1.13. The summed E-state index contributed by atoms with van der Waals surface area (Å²) in [5.74, 6) is 0. The Hall–Kier alpha value is -1.33. The zero-order valence-electron chi connectivity index (χ0n) is 9.16. The predicted molar refractivity (Wildman–Crippen MR) is 67.0 cm³/mol. The van der Waals surface area contributed by atoms with Crippen molar-refractivity contribution in [2.45, 2.75) is 12.0 Å². The van der Waals surface area contributed by atoms with Crippen molar-refractivity contribution in [1.29, 1.82) is 0 Å². The second kappa shape index (κ2) is 7.18. The Balaban J connectivity index is 2.59. The molecule has 0 aromatic heterocycles. The van der Waals surface area contributed by atoms with Gasteiger partial charge in [-0.15, -0.1) is 0 Å². The van der Waals surface area contributed by atoms with E-state index >= 15 is 0 Å². The van der Waals surface area contributed by atoms with E-state index in [4.69, 9.17) is 23.2 Å². The number of hydrogen-bond acceptors (Lipinski definition) is 3. The first-order chi connectivity index (χ1) is 8.52. The lowest BCUT2D eigenvalue weighted by atomic mass is 10.2. The summed E-state index contributed by atoms with van der Waals surface area (Å²) in [6, 6.07) is 5.97. The number of ether oxygens (including phenoxy) is 1. The molecule has 0 spiro atoms. The maximum absolute atomic E-state index is 11.9. The normalized spacial score (nSPS) is 11.7. The smallest absolute Gasteiger partial charge is 0.413 e. The number of amides is 1. The highest BCUT2D eigenvalue weighted by Gasteiger charge is 2.11. The van der Waals surface area contributed by atoms with E-state index in [1.54, 1.807) is 12.1 Å². The zero-order valence-corrected chi connectivity index (χ0v) is 10.7. The third-order valence-corrected chi connectivity index (χ3v) is 2.43.